The van der Waals surface area contributed by atoms with Gasteiger partial charge in [0, 0.05) is 5.69 Å². The van der Waals surface area contributed by atoms with Crippen LogP contribution in [0.15, 0.2) is 60.7 Å². The maximum atomic E-state index is 12.5. The highest BCUT2D eigenvalue weighted by molar-refractivity contribution is 7.89. The first kappa shape index (κ1) is 17.2. The van der Waals surface area contributed by atoms with Crippen LogP contribution in [0.5, 0.6) is 0 Å². The number of rotatable bonds is 7. The van der Waals surface area contributed by atoms with Crippen LogP contribution in [-0.4, -0.2) is 26.6 Å². The van der Waals surface area contributed by atoms with E-state index in [-0.39, 0.29) is 18.2 Å². The van der Waals surface area contributed by atoms with Gasteiger partial charge in [-0.1, -0.05) is 48.5 Å². The van der Waals surface area contributed by atoms with Gasteiger partial charge in [0.15, 0.2) is 0 Å². The van der Waals surface area contributed by atoms with E-state index < -0.39 is 10.0 Å². The Balaban J connectivity index is 2.18. The molecule has 0 aliphatic carbocycles. The van der Waals surface area contributed by atoms with Crippen molar-refractivity contribution < 1.29 is 13.2 Å². The van der Waals surface area contributed by atoms with Crippen LogP contribution in [0.2, 0.25) is 0 Å². The van der Waals surface area contributed by atoms with Crippen LogP contribution in [0.4, 0.5) is 5.69 Å². The normalized spacial score (nSPS) is 11.2. The minimum Gasteiger partial charge on any atom is -0.307 e. The van der Waals surface area contributed by atoms with Gasteiger partial charge in [-0.25, -0.2) is 13.1 Å². The molecular formula is C17H20N2O3S. The zero-order valence-electron chi connectivity index (χ0n) is 13.0. The first-order chi connectivity index (χ1) is 11.0. The number of nitrogens with zero attached hydrogens (tertiary/aromatic N) is 1. The molecule has 0 spiro atoms. The predicted octanol–water partition coefficient (Wildman–Crippen LogP) is 2.16. The summed E-state index contributed by atoms with van der Waals surface area (Å²) in [6.45, 7) is 1.67. The van der Waals surface area contributed by atoms with Crippen molar-refractivity contribution in [3.05, 3.63) is 66.2 Å². The van der Waals surface area contributed by atoms with Gasteiger partial charge in [-0.15, -0.1) is 0 Å². The fourth-order valence-electron chi connectivity index (χ4n) is 2.07. The number of amides is 1. The van der Waals surface area contributed by atoms with Gasteiger partial charge in [0.2, 0.25) is 15.9 Å². The van der Waals surface area contributed by atoms with Crippen LogP contribution < -0.4 is 9.62 Å². The third-order valence-electron chi connectivity index (χ3n) is 3.38. The molecule has 0 radical (unpaired) electrons. The molecule has 0 atom stereocenters. The van der Waals surface area contributed by atoms with Crippen molar-refractivity contribution in [2.45, 2.75) is 13.5 Å². The van der Waals surface area contributed by atoms with Crippen molar-refractivity contribution in [2.24, 2.45) is 0 Å². The Morgan fingerprint density at radius 1 is 1.00 bits per heavy atom. The van der Waals surface area contributed by atoms with Crippen molar-refractivity contribution in [2.75, 3.05) is 17.2 Å². The quantitative estimate of drug-likeness (QED) is 0.845. The molecule has 0 aliphatic rings. The van der Waals surface area contributed by atoms with E-state index >= 15 is 0 Å². The van der Waals surface area contributed by atoms with E-state index in [0.717, 1.165) is 11.3 Å². The molecule has 2 rings (SSSR count). The molecule has 1 N–H and O–H groups in total. The Kier molecular flexibility index (Phi) is 5.90. The lowest BCUT2D eigenvalue weighted by atomic mass is 10.2. The summed E-state index contributed by atoms with van der Waals surface area (Å²) < 4.78 is 25.4. The Morgan fingerprint density at radius 3 is 2.13 bits per heavy atom. The van der Waals surface area contributed by atoms with E-state index in [0.29, 0.717) is 6.54 Å². The highest BCUT2D eigenvalue weighted by Gasteiger charge is 2.18. The van der Waals surface area contributed by atoms with Gasteiger partial charge < -0.3 is 4.90 Å². The van der Waals surface area contributed by atoms with E-state index in [1.54, 1.807) is 4.90 Å². The van der Waals surface area contributed by atoms with Crippen LogP contribution in [0, 0.1) is 0 Å². The molecule has 0 bridgehead atoms. The Morgan fingerprint density at radius 2 is 1.57 bits per heavy atom. The molecule has 2 aromatic carbocycles. The molecule has 0 unspecified atom stereocenters. The highest BCUT2D eigenvalue weighted by Crippen LogP contribution is 2.17. The van der Waals surface area contributed by atoms with Crippen molar-refractivity contribution in [3.63, 3.8) is 0 Å². The van der Waals surface area contributed by atoms with E-state index in [9.17, 15) is 13.2 Å². The second kappa shape index (κ2) is 7.89. The second-order valence-electron chi connectivity index (χ2n) is 5.03. The number of anilines is 1. The molecule has 0 aliphatic heterocycles. The lowest BCUT2D eigenvalue weighted by molar-refractivity contribution is -0.117. The maximum absolute atomic E-state index is 12.5. The summed E-state index contributed by atoms with van der Waals surface area (Å²) in [5.74, 6) is -0.346. The van der Waals surface area contributed by atoms with Crippen LogP contribution >= 0.6 is 0 Å². The van der Waals surface area contributed by atoms with Gasteiger partial charge in [0.25, 0.3) is 0 Å². The third-order valence-corrected chi connectivity index (χ3v) is 4.72. The Bertz CT molecular complexity index is 731. The van der Waals surface area contributed by atoms with Gasteiger partial charge in [-0.3, -0.25) is 4.79 Å². The molecule has 0 fully saturated rings. The van der Waals surface area contributed by atoms with Gasteiger partial charge in [-0.2, -0.15) is 0 Å². The summed E-state index contributed by atoms with van der Waals surface area (Å²) in [4.78, 5) is 14.1. The van der Waals surface area contributed by atoms with Crippen molar-refractivity contribution >= 4 is 21.6 Å². The van der Waals surface area contributed by atoms with Crippen LogP contribution in [0.1, 0.15) is 12.5 Å². The Hall–Kier alpha value is -2.18. The van der Waals surface area contributed by atoms with Crippen LogP contribution in [0.25, 0.3) is 0 Å². The van der Waals surface area contributed by atoms with Gasteiger partial charge in [0.05, 0.1) is 18.8 Å². The topological polar surface area (TPSA) is 66.5 Å². The number of carbonyl (C=O) groups is 1. The van der Waals surface area contributed by atoms with Crippen LogP contribution in [-0.2, 0) is 21.4 Å². The summed E-state index contributed by atoms with van der Waals surface area (Å²) in [5, 5.41) is 0. The van der Waals surface area contributed by atoms with Gasteiger partial charge >= 0.3 is 0 Å². The second-order valence-corrected chi connectivity index (χ2v) is 7.12. The number of para-hydroxylation sites is 1. The average molecular weight is 332 g/mol. The number of sulfonamides is 1. The summed E-state index contributed by atoms with van der Waals surface area (Å²) >= 11 is 0. The fraction of sp³-hybridized carbons (Fsp3) is 0.235. The lowest BCUT2D eigenvalue weighted by Gasteiger charge is -2.23. The smallest absolute Gasteiger partial charge is 0.242 e. The zero-order valence-corrected chi connectivity index (χ0v) is 13.8. The largest absolute Gasteiger partial charge is 0.307 e. The van der Waals surface area contributed by atoms with Gasteiger partial charge in [0.1, 0.15) is 0 Å². The molecular weight excluding hydrogens is 312 g/mol. The van der Waals surface area contributed by atoms with Crippen molar-refractivity contribution in [1.29, 1.82) is 0 Å². The first-order valence-corrected chi connectivity index (χ1v) is 9.04. The summed E-state index contributed by atoms with van der Waals surface area (Å²) in [6, 6.07) is 18.8. The van der Waals surface area contributed by atoms with E-state index in [2.05, 4.69) is 4.72 Å². The molecule has 0 saturated carbocycles. The minimum atomic E-state index is -3.40. The van der Waals surface area contributed by atoms with E-state index in [4.69, 9.17) is 0 Å². The SMILES string of the molecule is CCS(=O)(=O)NCC(=O)N(Cc1ccccc1)c1ccccc1. The number of benzene rings is 2. The summed E-state index contributed by atoms with van der Waals surface area (Å²) in [7, 11) is -3.40. The number of hydrogen-bond donors (Lipinski definition) is 1. The summed E-state index contributed by atoms with van der Waals surface area (Å²) in [5.41, 5.74) is 1.71. The molecule has 5 nitrogen and oxygen atoms in total. The molecule has 0 aromatic heterocycles. The molecule has 2 aromatic rings. The first-order valence-electron chi connectivity index (χ1n) is 7.38. The highest BCUT2D eigenvalue weighted by atomic mass is 32.2. The van der Waals surface area contributed by atoms with E-state index in [1.165, 1.54) is 6.92 Å². The standard InChI is InChI=1S/C17H20N2O3S/c1-2-23(21,22)18-13-17(20)19(16-11-7-4-8-12-16)14-15-9-5-3-6-10-15/h3-12,18H,2,13-14H2,1H3. The maximum Gasteiger partial charge on any atom is 0.242 e. The monoisotopic (exact) mass is 332 g/mol. The Labute approximate surface area is 137 Å². The van der Waals surface area contributed by atoms with Crippen molar-refractivity contribution in [3.8, 4) is 0 Å². The summed E-state index contributed by atoms with van der Waals surface area (Å²) in [6.07, 6.45) is 0. The molecule has 122 valence electrons. The molecule has 1 amide bonds. The zero-order chi connectivity index (χ0) is 16.7. The van der Waals surface area contributed by atoms with Gasteiger partial charge in [-0.05, 0) is 24.6 Å². The van der Waals surface area contributed by atoms with Crippen LogP contribution in [0.3, 0.4) is 0 Å². The lowest BCUT2D eigenvalue weighted by Crippen LogP contribution is -2.40. The van der Waals surface area contributed by atoms with E-state index in [1.807, 2.05) is 60.7 Å². The number of carbonyl (C=O) groups excluding carboxylic acids is 1. The fourth-order valence-corrected chi connectivity index (χ4v) is 2.61. The molecule has 0 saturated heterocycles. The molecule has 6 heteroatoms. The third kappa shape index (κ3) is 5.19. The molecule has 23 heavy (non-hydrogen) atoms. The van der Waals surface area contributed by atoms with Crippen molar-refractivity contribution in [1.82, 2.24) is 4.72 Å². The predicted molar refractivity (Wildman–Crippen MR) is 91.5 cm³/mol. The number of hydrogen-bond acceptors (Lipinski definition) is 3. The number of nitrogens with one attached hydrogen (secondary N) is 1. The average Bonchev–Trinajstić information content (AvgIpc) is 2.59. The molecule has 0 heterocycles. The minimum absolute atomic E-state index is 0.0513.